The highest BCUT2D eigenvalue weighted by Gasteiger charge is 2.25. The first kappa shape index (κ1) is 15.7. The van der Waals surface area contributed by atoms with Crippen molar-refractivity contribution in [1.82, 2.24) is 9.62 Å². The third-order valence-corrected chi connectivity index (χ3v) is 4.06. The fourth-order valence-electron chi connectivity index (χ4n) is 1.75. The van der Waals surface area contributed by atoms with E-state index >= 15 is 0 Å². The summed E-state index contributed by atoms with van der Waals surface area (Å²) in [5, 5.41) is 8.77. The molecule has 0 aliphatic rings. The standard InChI is InChI=1S/C11H18N2O5S/c1-7(6-13(3)4)12-19(16,17)10-5-9(11(14)15)18-8(10)2/h5,7,12H,6H2,1-4H3,(H,14,15). The van der Waals surface area contributed by atoms with Crippen molar-refractivity contribution in [2.45, 2.75) is 24.8 Å². The number of carboxylic acid groups (broad SMARTS) is 1. The van der Waals surface area contributed by atoms with E-state index in [1.165, 1.54) is 6.92 Å². The average molecular weight is 290 g/mol. The minimum atomic E-state index is -3.78. The molecular formula is C11H18N2O5S. The van der Waals surface area contributed by atoms with Crippen molar-refractivity contribution >= 4 is 16.0 Å². The van der Waals surface area contributed by atoms with Gasteiger partial charge >= 0.3 is 5.97 Å². The van der Waals surface area contributed by atoms with Crippen LogP contribution >= 0.6 is 0 Å². The second kappa shape index (κ2) is 5.72. The van der Waals surface area contributed by atoms with Gasteiger partial charge in [-0.25, -0.2) is 17.9 Å². The van der Waals surface area contributed by atoms with Crippen LogP contribution in [0.4, 0.5) is 0 Å². The number of carboxylic acids is 1. The lowest BCUT2D eigenvalue weighted by Crippen LogP contribution is -2.39. The van der Waals surface area contributed by atoms with Gasteiger partial charge < -0.3 is 14.4 Å². The number of aromatic carboxylic acids is 1. The van der Waals surface area contributed by atoms with Crippen molar-refractivity contribution in [3.05, 3.63) is 17.6 Å². The Balaban J connectivity index is 2.97. The van der Waals surface area contributed by atoms with Gasteiger partial charge in [0.2, 0.25) is 15.8 Å². The molecule has 8 heteroatoms. The van der Waals surface area contributed by atoms with Crippen LogP contribution in [0.1, 0.15) is 23.2 Å². The molecule has 0 saturated carbocycles. The molecule has 19 heavy (non-hydrogen) atoms. The predicted octanol–water partition coefficient (Wildman–Crippen LogP) is 0.515. The zero-order valence-corrected chi connectivity index (χ0v) is 12.1. The van der Waals surface area contributed by atoms with Crippen molar-refractivity contribution in [3.8, 4) is 0 Å². The molecule has 1 unspecified atom stereocenters. The number of hydrogen-bond donors (Lipinski definition) is 2. The Hall–Kier alpha value is -1.38. The monoisotopic (exact) mass is 290 g/mol. The molecule has 0 aromatic carbocycles. The summed E-state index contributed by atoms with van der Waals surface area (Å²) < 4.78 is 31.6. The van der Waals surface area contributed by atoms with E-state index in [0.29, 0.717) is 6.54 Å². The zero-order valence-electron chi connectivity index (χ0n) is 11.3. The Morgan fingerprint density at radius 2 is 2.11 bits per heavy atom. The van der Waals surface area contributed by atoms with Crippen molar-refractivity contribution in [3.63, 3.8) is 0 Å². The molecule has 1 atom stereocenters. The number of rotatable bonds is 6. The van der Waals surface area contributed by atoms with Gasteiger partial charge in [-0.2, -0.15) is 0 Å². The van der Waals surface area contributed by atoms with E-state index in [9.17, 15) is 13.2 Å². The van der Waals surface area contributed by atoms with Crippen LogP contribution in [0.3, 0.4) is 0 Å². The van der Waals surface area contributed by atoms with E-state index < -0.39 is 21.8 Å². The Morgan fingerprint density at radius 3 is 2.53 bits per heavy atom. The summed E-state index contributed by atoms with van der Waals surface area (Å²) in [6, 6.07) is 0.713. The molecule has 0 aliphatic carbocycles. The Labute approximate surface area is 112 Å². The van der Waals surface area contributed by atoms with Crippen LogP contribution in [0.5, 0.6) is 0 Å². The predicted molar refractivity (Wildman–Crippen MR) is 68.7 cm³/mol. The highest BCUT2D eigenvalue weighted by Crippen LogP contribution is 2.20. The van der Waals surface area contributed by atoms with Crippen LogP contribution in [-0.4, -0.2) is 51.1 Å². The Kier molecular flexibility index (Phi) is 4.72. The van der Waals surface area contributed by atoms with Gasteiger partial charge in [-0.05, 0) is 27.9 Å². The largest absolute Gasteiger partial charge is 0.475 e. The second-order valence-electron chi connectivity index (χ2n) is 4.62. The number of aryl methyl sites for hydroxylation is 1. The van der Waals surface area contributed by atoms with Crippen molar-refractivity contribution in [2.24, 2.45) is 0 Å². The van der Waals surface area contributed by atoms with E-state index in [0.717, 1.165) is 6.07 Å². The lowest BCUT2D eigenvalue weighted by Gasteiger charge is -2.17. The molecule has 0 spiro atoms. The van der Waals surface area contributed by atoms with Gasteiger partial charge in [0.25, 0.3) is 0 Å². The number of hydrogen-bond acceptors (Lipinski definition) is 5. The quantitative estimate of drug-likeness (QED) is 0.792. The normalized spacial score (nSPS) is 13.7. The maximum absolute atomic E-state index is 12.1. The van der Waals surface area contributed by atoms with E-state index in [4.69, 9.17) is 9.52 Å². The van der Waals surface area contributed by atoms with Crippen molar-refractivity contribution in [2.75, 3.05) is 20.6 Å². The summed E-state index contributed by atoms with van der Waals surface area (Å²) in [6.45, 7) is 3.67. The first-order chi connectivity index (χ1) is 8.63. The molecule has 108 valence electrons. The Morgan fingerprint density at radius 1 is 1.53 bits per heavy atom. The van der Waals surface area contributed by atoms with E-state index in [1.807, 2.05) is 19.0 Å². The number of nitrogens with zero attached hydrogens (tertiary/aromatic N) is 1. The van der Waals surface area contributed by atoms with E-state index in [1.54, 1.807) is 6.92 Å². The van der Waals surface area contributed by atoms with Crippen LogP contribution in [0.2, 0.25) is 0 Å². The number of furan rings is 1. The molecule has 1 aromatic rings. The van der Waals surface area contributed by atoms with E-state index in [2.05, 4.69) is 4.72 Å². The summed E-state index contributed by atoms with van der Waals surface area (Å²) in [5.74, 6) is -1.63. The van der Waals surface area contributed by atoms with Gasteiger partial charge in [0.1, 0.15) is 10.7 Å². The van der Waals surface area contributed by atoms with E-state index in [-0.39, 0.29) is 16.7 Å². The molecule has 0 bridgehead atoms. The number of likely N-dealkylation sites (N-methyl/N-ethyl adjacent to an activating group) is 1. The summed E-state index contributed by atoms with van der Waals surface area (Å²) in [5.41, 5.74) is 0. The fraction of sp³-hybridized carbons (Fsp3) is 0.545. The minimum Gasteiger partial charge on any atom is -0.475 e. The average Bonchev–Trinajstić information content (AvgIpc) is 2.58. The number of nitrogens with one attached hydrogen (secondary N) is 1. The van der Waals surface area contributed by atoms with Crippen LogP contribution in [-0.2, 0) is 10.0 Å². The SMILES string of the molecule is Cc1oc(C(=O)O)cc1S(=O)(=O)NC(C)CN(C)C. The molecule has 1 aromatic heterocycles. The molecule has 2 N–H and O–H groups in total. The first-order valence-corrected chi connectivity index (χ1v) is 7.12. The topological polar surface area (TPSA) is 99.8 Å². The number of carbonyl (C=O) groups is 1. The minimum absolute atomic E-state index is 0.0574. The van der Waals surface area contributed by atoms with Crippen LogP contribution < -0.4 is 4.72 Å². The molecule has 1 rings (SSSR count). The van der Waals surface area contributed by atoms with Gasteiger partial charge in [0.15, 0.2) is 0 Å². The molecule has 0 amide bonds. The molecule has 0 saturated heterocycles. The lowest BCUT2D eigenvalue weighted by atomic mass is 10.3. The van der Waals surface area contributed by atoms with Gasteiger partial charge in [-0.3, -0.25) is 0 Å². The van der Waals surface area contributed by atoms with Gasteiger partial charge in [0.05, 0.1) is 0 Å². The molecule has 0 radical (unpaired) electrons. The summed E-state index contributed by atoms with van der Waals surface area (Å²) in [6.07, 6.45) is 0. The smallest absolute Gasteiger partial charge is 0.371 e. The summed E-state index contributed by atoms with van der Waals surface area (Å²) >= 11 is 0. The highest BCUT2D eigenvalue weighted by atomic mass is 32.2. The third-order valence-electron chi connectivity index (χ3n) is 2.37. The van der Waals surface area contributed by atoms with Crippen molar-refractivity contribution < 1.29 is 22.7 Å². The van der Waals surface area contributed by atoms with Gasteiger partial charge in [-0.15, -0.1) is 0 Å². The molecule has 7 nitrogen and oxygen atoms in total. The second-order valence-corrected chi connectivity index (χ2v) is 6.30. The fourth-order valence-corrected chi connectivity index (χ4v) is 3.16. The molecule has 1 heterocycles. The van der Waals surface area contributed by atoms with Crippen molar-refractivity contribution in [1.29, 1.82) is 0 Å². The molecule has 0 fully saturated rings. The van der Waals surface area contributed by atoms with Gasteiger partial charge in [0, 0.05) is 18.7 Å². The van der Waals surface area contributed by atoms with Crippen LogP contribution in [0.25, 0.3) is 0 Å². The summed E-state index contributed by atoms with van der Waals surface area (Å²) in [7, 11) is -0.123. The van der Waals surface area contributed by atoms with Crippen LogP contribution in [0, 0.1) is 6.92 Å². The maximum Gasteiger partial charge on any atom is 0.371 e. The van der Waals surface area contributed by atoms with Gasteiger partial charge in [-0.1, -0.05) is 0 Å². The molecular weight excluding hydrogens is 272 g/mol. The zero-order chi connectivity index (χ0) is 14.8. The van der Waals surface area contributed by atoms with Crippen LogP contribution in [0.15, 0.2) is 15.4 Å². The highest BCUT2D eigenvalue weighted by molar-refractivity contribution is 7.89. The Bertz CT molecular complexity index is 562. The lowest BCUT2D eigenvalue weighted by molar-refractivity contribution is 0.0661. The third kappa shape index (κ3) is 4.05. The maximum atomic E-state index is 12.1. The molecule has 0 aliphatic heterocycles. The summed E-state index contributed by atoms with van der Waals surface area (Å²) in [4.78, 5) is 12.4. The first-order valence-electron chi connectivity index (χ1n) is 5.64. The number of sulfonamides is 1.